The van der Waals surface area contributed by atoms with Crippen LogP contribution in [0.4, 0.5) is 5.69 Å². The molecule has 2 nitrogen and oxygen atoms in total. The maximum Gasteiger partial charge on any atom is 0.143 e. The van der Waals surface area contributed by atoms with Gasteiger partial charge >= 0.3 is 0 Å². The number of benzene rings is 3. The lowest BCUT2D eigenvalue weighted by Crippen LogP contribution is -2.23. The second-order valence-electron chi connectivity index (χ2n) is 5.05. The van der Waals surface area contributed by atoms with E-state index < -0.39 is 0 Å². The molecule has 3 aromatic rings. The van der Waals surface area contributed by atoms with Crippen molar-refractivity contribution >= 4 is 16.5 Å². The van der Waals surface area contributed by atoms with Crippen LogP contribution in [0.3, 0.4) is 0 Å². The van der Waals surface area contributed by atoms with Gasteiger partial charge in [0.2, 0.25) is 0 Å². The van der Waals surface area contributed by atoms with Gasteiger partial charge in [0.05, 0.1) is 12.2 Å². The summed E-state index contributed by atoms with van der Waals surface area (Å²) >= 11 is 0. The highest BCUT2D eigenvalue weighted by Gasteiger charge is 2.21. The highest BCUT2D eigenvalue weighted by atomic mass is 16.5. The smallest absolute Gasteiger partial charge is 0.143 e. The van der Waals surface area contributed by atoms with Crippen LogP contribution in [0.15, 0.2) is 66.7 Å². The predicted octanol–water partition coefficient (Wildman–Crippen LogP) is 4.39. The van der Waals surface area contributed by atoms with Gasteiger partial charge in [0.15, 0.2) is 0 Å². The Balaban J connectivity index is 1.78. The van der Waals surface area contributed by atoms with Gasteiger partial charge in [-0.3, -0.25) is 0 Å². The van der Waals surface area contributed by atoms with Gasteiger partial charge in [0.25, 0.3) is 0 Å². The van der Waals surface area contributed by atoms with Gasteiger partial charge in [0, 0.05) is 5.56 Å². The van der Waals surface area contributed by atoms with E-state index in [0.717, 1.165) is 18.0 Å². The molecule has 0 spiro atoms. The van der Waals surface area contributed by atoms with Gasteiger partial charge in [-0.05, 0) is 22.9 Å². The van der Waals surface area contributed by atoms with Crippen molar-refractivity contribution in [3.63, 3.8) is 0 Å². The number of hydrogen-bond donors (Lipinski definition) is 1. The summed E-state index contributed by atoms with van der Waals surface area (Å²) in [7, 11) is 0. The van der Waals surface area contributed by atoms with Gasteiger partial charge in [0.1, 0.15) is 11.9 Å². The van der Waals surface area contributed by atoms with Crippen LogP contribution in [-0.2, 0) is 0 Å². The molecule has 1 N–H and O–H groups in total. The molecule has 1 aliphatic rings. The van der Waals surface area contributed by atoms with E-state index in [4.69, 9.17) is 4.74 Å². The summed E-state index contributed by atoms with van der Waals surface area (Å²) in [4.78, 5) is 0. The van der Waals surface area contributed by atoms with Crippen molar-refractivity contribution < 1.29 is 4.74 Å². The fraction of sp³-hybridized carbons (Fsp3) is 0.111. The molecule has 20 heavy (non-hydrogen) atoms. The van der Waals surface area contributed by atoms with Crippen LogP contribution in [0.5, 0.6) is 5.75 Å². The van der Waals surface area contributed by atoms with E-state index in [9.17, 15) is 0 Å². The van der Waals surface area contributed by atoms with E-state index in [1.54, 1.807) is 0 Å². The third kappa shape index (κ3) is 1.81. The number of rotatable bonds is 1. The molecular weight excluding hydrogens is 246 g/mol. The lowest BCUT2D eigenvalue weighted by atomic mass is 9.99. The van der Waals surface area contributed by atoms with Crippen LogP contribution in [-0.4, -0.2) is 6.54 Å². The minimum atomic E-state index is 0.0519. The van der Waals surface area contributed by atoms with Gasteiger partial charge < -0.3 is 10.1 Å². The molecular formula is C18H15NO. The van der Waals surface area contributed by atoms with Gasteiger partial charge in [-0.1, -0.05) is 54.6 Å². The molecule has 0 amide bonds. The standard InChI is InChI=1S/C18H15NO/c1-2-8-14-13(6-1)7-5-9-15(14)18-12-19-16-10-3-4-11-17(16)20-18/h1-11,18-19H,12H2. The van der Waals surface area contributed by atoms with Crippen molar-refractivity contribution in [2.75, 3.05) is 11.9 Å². The monoisotopic (exact) mass is 261 g/mol. The molecule has 1 aliphatic heterocycles. The zero-order valence-electron chi connectivity index (χ0n) is 11.0. The molecule has 1 atom stereocenters. The highest BCUT2D eigenvalue weighted by molar-refractivity contribution is 5.86. The average molecular weight is 261 g/mol. The minimum Gasteiger partial charge on any atom is -0.482 e. The summed E-state index contributed by atoms with van der Waals surface area (Å²) in [5.41, 5.74) is 2.31. The van der Waals surface area contributed by atoms with Crippen molar-refractivity contribution in [2.24, 2.45) is 0 Å². The normalized spacial score (nSPS) is 17.1. The Labute approximate surface area is 118 Å². The molecule has 2 heteroatoms. The van der Waals surface area contributed by atoms with E-state index in [1.165, 1.54) is 16.3 Å². The molecule has 0 bridgehead atoms. The molecule has 0 fully saturated rings. The third-order valence-corrected chi connectivity index (χ3v) is 3.80. The first kappa shape index (κ1) is 11.4. The largest absolute Gasteiger partial charge is 0.482 e. The van der Waals surface area contributed by atoms with Gasteiger partial charge in [-0.15, -0.1) is 0 Å². The maximum absolute atomic E-state index is 6.16. The molecule has 1 unspecified atom stereocenters. The van der Waals surface area contributed by atoms with Crippen molar-refractivity contribution in [1.82, 2.24) is 0 Å². The van der Waals surface area contributed by atoms with E-state index in [1.807, 2.05) is 18.2 Å². The summed E-state index contributed by atoms with van der Waals surface area (Å²) in [6.07, 6.45) is 0.0519. The number of fused-ring (bicyclic) bond motifs is 2. The molecule has 98 valence electrons. The average Bonchev–Trinajstić information content (AvgIpc) is 2.54. The quantitative estimate of drug-likeness (QED) is 0.701. The summed E-state index contributed by atoms with van der Waals surface area (Å²) in [5, 5.41) is 5.97. The van der Waals surface area contributed by atoms with Crippen LogP contribution < -0.4 is 10.1 Å². The van der Waals surface area contributed by atoms with E-state index in [-0.39, 0.29) is 6.10 Å². The molecule has 0 aromatic heterocycles. The van der Waals surface area contributed by atoms with E-state index >= 15 is 0 Å². The van der Waals surface area contributed by atoms with E-state index in [2.05, 4.69) is 53.8 Å². The Morgan fingerprint density at radius 3 is 2.65 bits per heavy atom. The van der Waals surface area contributed by atoms with E-state index in [0.29, 0.717) is 0 Å². The summed E-state index contributed by atoms with van der Waals surface area (Å²) in [6, 6.07) is 22.9. The van der Waals surface area contributed by atoms with Crippen molar-refractivity contribution in [2.45, 2.75) is 6.10 Å². The molecule has 0 aliphatic carbocycles. The SMILES string of the molecule is c1ccc2c(c1)NCC(c1cccc3ccccc13)O2. The first-order valence-electron chi connectivity index (χ1n) is 6.89. The molecule has 0 saturated heterocycles. The topological polar surface area (TPSA) is 21.3 Å². The molecule has 1 heterocycles. The summed E-state index contributed by atoms with van der Waals surface area (Å²) in [5.74, 6) is 0.927. The fourth-order valence-electron chi connectivity index (χ4n) is 2.82. The lowest BCUT2D eigenvalue weighted by Gasteiger charge is -2.28. The number of hydrogen-bond acceptors (Lipinski definition) is 2. The first-order chi connectivity index (χ1) is 9.92. The minimum absolute atomic E-state index is 0.0519. The molecule has 4 rings (SSSR count). The number of para-hydroxylation sites is 2. The Morgan fingerprint density at radius 1 is 0.850 bits per heavy atom. The van der Waals surface area contributed by atoms with Crippen molar-refractivity contribution in [3.05, 3.63) is 72.3 Å². The van der Waals surface area contributed by atoms with Crippen LogP contribution in [0.1, 0.15) is 11.7 Å². The highest BCUT2D eigenvalue weighted by Crippen LogP contribution is 2.35. The Bertz CT molecular complexity index is 761. The second-order valence-corrected chi connectivity index (χ2v) is 5.05. The maximum atomic E-state index is 6.16. The predicted molar refractivity (Wildman–Crippen MR) is 82.2 cm³/mol. The van der Waals surface area contributed by atoms with Crippen LogP contribution >= 0.6 is 0 Å². The molecule has 3 aromatic carbocycles. The van der Waals surface area contributed by atoms with Crippen LogP contribution in [0.2, 0.25) is 0 Å². The van der Waals surface area contributed by atoms with Crippen LogP contribution in [0.25, 0.3) is 10.8 Å². The van der Waals surface area contributed by atoms with Gasteiger partial charge in [-0.2, -0.15) is 0 Å². The molecule has 0 radical (unpaired) electrons. The Hall–Kier alpha value is -2.48. The second kappa shape index (κ2) is 4.57. The number of ether oxygens (including phenoxy) is 1. The van der Waals surface area contributed by atoms with Crippen molar-refractivity contribution in [3.8, 4) is 5.75 Å². The van der Waals surface area contributed by atoms with Gasteiger partial charge in [-0.25, -0.2) is 0 Å². The number of anilines is 1. The van der Waals surface area contributed by atoms with Crippen molar-refractivity contribution in [1.29, 1.82) is 0 Å². The molecule has 0 saturated carbocycles. The Morgan fingerprint density at radius 2 is 1.65 bits per heavy atom. The fourth-order valence-corrected chi connectivity index (χ4v) is 2.82. The zero-order chi connectivity index (χ0) is 13.4. The number of nitrogens with one attached hydrogen (secondary N) is 1. The summed E-state index contributed by atoms with van der Waals surface area (Å²) < 4.78 is 6.16. The third-order valence-electron chi connectivity index (χ3n) is 3.80. The zero-order valence-corrected chi connectivity index (χ0v) is 11.0. The lowest BCUT2D eigenvalue weighted by molar-refractivity contribution is 0.212. The van der Waals surface area contributed by atoms with Crippen LogP contribution in [0, 0.1) is 0 Å². The summed E-state index contributed by atoms with van der Waals surface area (Å²) in [6.45, 7) is 0.797. The first-order valence-corrected chi connectivity index (χ1v) is 6.89. The Kier molecular flexibility index (Phi) is 2.59.